The van der Waals surface area contributed by atoms with E-state index in [9.17, 15) is 4.79 Å². The number of hydrogen-bond donors (Lipinski definition) is 2. The molecule has 88 valence electrons. The second-order valence-electron chi connectivity index (χ2n) is 4.65. The molecule has 16 heavy (non-hydrogen) atoms. The van der Waals surface area contributed by atoms with Gasteiger partial charge in [-0.05, 0) is 20.8 Å². The van der Waals surface area contributed by atoms with Gasteiger partial charge < -0.3 is 10.6 Å². The molecule has 0 aliphatic heterocycles. The van der Waals surface area contributed by atoms with E-state index in [4.69, 9.17) is 0 Å². The molecule has 2 N–H and O–H groups in total. The highest BCUT2D eigenvalue weighted by Gasteiger charge is 2.12. The van der Waals surface area contributed by atoms with Crippen LogP contribution in [0.4, 0.5) is 0 Å². The van der Waals surface area contributed by atoms with E-state index in [0.29, 0.717) is 13.1 Å². The van der Waals surface area contributed by atoms with E-state index in [1.54, 1.807) is 12.4 Å². The van der Waals surface area contributed by atoms with Crippen LogP contribution >= 0.6 is 0 Å². The van der Waals surface area contributed by atoms with Gasteiger partial charge in [-0.3, -0.25) is 4.79 Å². The van der Waals surface area contributed by atoms with Crippen molar-refractivity contribution in [2.45, 2.75) is 32.9 Å². The van der Waals surface area contributed by atoms with Crippen molar-refractivity contribution in [3.63, 3.8) is 0 Å². The maximum absolute atomic E-state index is 11.4. The van der Waals surface area contributed by atoms with Crippen LogP contribution < -0.4 is 10.6 Å². The number of carbonyl (C=O) groups excluding carboxylic acids is 1. The monoisotopic (exact) mass is 222 g/mol. The Labute approximate surface area is 95.7 Å². The summed E-state index contributed by atoms with van der Waals surface area (Å²) in [5.74, 6) is -0.00986. The molecule has 1 heterocycles. The zero-order valence-electron chi connectivity index (χ0n) is 9.95. The molecule has 0 fully saturated rings. The van der Waals surface area contributed by atoms with Gasteiger partial charge >= 0.3 is 0 Å². The Morgan fingerprint density at radius 3 is 2.50 bits per heavy atom. The zero-order chi connectivity index (χ0) is 12.0. The van der Waals surface area contributed by atoms with Crippen LogP contribution in [0.25, 0.3) is 0 Å². The van der Waals surface area contributed by atoms with Gasteiger partial charge in [0.05, 0.1) is 6.54 Å². The molecule has 0 aromatic carbocycles. The summed E-state index contributed by atoms with van der Waals surface area (Å²) >= 11 is 0. The minimum absolute atomic E-state index is 0.00986. The maximum Gasteiger partial charge on any atom is 0.234 e. The molecule has 0 aliphatic rings. The number of aromatic nitrogens is 2. The van der Waals surface area contributed by atoms with E-state index in [1.807, 2.05) is 20.8 Å². The molecule has 5 heteroatoms. The van der Waals surface area contributed by atoms with Crippen LogP contribution in [-0.4, -0.2) is 28.0 Å². The molecule has 0 unspecified atom stereocenters. The van der Waals surface area contributed by atoms with Gasteiger partial charge in [-0.15, -0.1) is 0 Å². The van der Waals surface area contributed by atoms with Gasteiger partial charge in [0, 0.05) is 30.0 Å². The van der Waals surface area contributed by atoms with Crippen LogP contribution in [0.1, 0.15) is 26.3 Å². The Morgan fingerprint density at radius 1 is 1.31 bits per heavy atom. The molecule has 0 saturated heterocycles. The summed E-state index contributed by atoms with van der Waals surface area (Å²) < 4.78 is 0. The molecule has 0 saturated carbocycles. The Kier molecular flexibility index (Phi) is 4.37. The number of rotatable bonds is 4. The molecule has 1 aromatic heterocycles. The van der Waals surface area contributed by atoms with Crippen LogP contribution in [0.15, 0.2) is 18.7 Å². The third kappa shape index (κ3) is 5.41. The van der Waals surface area contributed by atoms with Crippen molar-refractivity contribution < 1.29 is 4.79 Å². The SMILES string of the molecule is CC(C)(C)NC(=O)CNCc1cncnc1. The van der Waals surface area contributed by atoms with Crippen LogP contribution in [0.5, 0.6) is 0 Å². The summed E-state index contributed by atoms with van der Waals surface area (Å²) in [5.41, 5.74) is 0.778. The standard InChI is InChI=1S/C11H18N4O/c1-11(2,3)15-10(16)7-12-4-9-5-13-8-14-6-9/h5-6,8,12H,4,7H2,1-3H3,(H,15,16). The average molecular weight is 222 g/mol. The lowest BCUT2D eigenvalue weighted by Gasteiger charge is -2.20. The van der Waals surface area contributed by atoms with Crippen molar-refractivity contribution in [2.75, 3.05) is 6.54 Å². The van der Waals surface area contributed by atoms with Crippen LogP contribution in [0.2, 0.25) is 0 Å². The first-order chi connectivity index (χ1) is 7.47. The maximum atomic E-state index is 11.4. The smallest absolute Gasteiger partial charge is 0.234 e. The first-order valence-corrected chi connectivity index (χ1v) is 5.23. The number of nitrogens with zero attached hydrogens (tertiary/aromatic N) is 2. The van der Waals surface area contributed by atoms with Gasteiger partial charge in [0.25, 0.3) is 0 Å². The van der Waals surface area contributed by atoms with Crippen molar-refractivity contribution in [3.8, 4) is 0 Å². The minimum Gasteiger partial charge on any atom is -0.350 e. The van der Waals surface area contributed by atoms with Crippen molar-refractivity contribution in [2.24, 2.45) is 0 Å². The second kappa shape index (κ2) is 5.55. The van der Waals surface area contributed by atoms with E-state index in [2.05, 4.69) is 20.6 Å². The van der Waals surface area contributed by atoms with Crippen LogP contribution in [0, 0.1) is 0 Å². The van der Waals surface area contributed by atoms with E-state index < -0.39 is 0 Å². The molecule has 1 amide bonds. The highest BCUT2D eigenvalue weighted by Crippen LogP contribution is 1.97. The Balaban J connectivity index is 2.24. The van der Waals surface area contributed by atoms with E-state index in [0.717, 1.165) is 5.56 Å². The van der Waals surface area contributed by atoms with Gasteiger partial charge in [0.2, 0.25) is 5.91 Å². The van der Waals surface area contributed by atoms with Crippen LogP contribution in [0.3, 0.4) is 0 Å². The third-order valence-electron chi connectivity index (χ3n) is 1.74. The summed E-state index contributed by atoms with van der Waals surface area (Å²) in [4.78, 5) is 19.2. The lowest BCUT2D eigenvalue weighted by molar-refractivity contribution is -0.121. The molecular formula is C11H18N4O. The predicted octanol–water partition coefficient (Wildman–Crippen LogP) is 0.481. The van der Waals surface area contributed by atoms with Gasteiger partial charge in [0.1, 0.15) is 6.33 Å². The van der Waals surface area contributed by atoms with Gasteiger partial charge in [-0.25, -0.2) is 9.97 Å². The highest BCUT2D eigenvalue weighted by molar-refractivity contribution is 5.78. The van der Waals surface area contributed by atoms with Gasteiger partial charge in [-0.2, -0.15) is 0 Å². The fraction of sp³-hybridized carbons (Fsp3) is 0.545. The Morgan fingerprint density at radius 2 is 1.94 bits per heavy atom. The quantitative estimate of drug-likeness (QED) is 0.777. The lowest BCUT2D eigenvalue weighted by atomic mass is 10.1. The molecule has 1 aromatic rings. The normalized spacial score (nSPS) is 11.2. The first-order valence-electron chi connectivity index (χ1n) is 5.23. The Hall–Kier alpha value is -1.49. The summed E-state index contributed by atoms with van der Waals surface area (Å²) in [6.45, 7) is 6.76. The number of carbonyl (C=O) groups is 1. The van der Waals surface area contributed by atoms with E-state index in [-0.39, 0.29) is 11.4 Å². The zero-order valence-corrected chi connectivity index (χ0v) is 9.95. The second-order valence-corrected chi connectivity index (χ2v) is 4.65. The molecule has 0 atom stereocenters. The van der Waals surface area contributed by atoms with Crippen molar-refractivity contribution in [3.05, 3.63) is 24.3 Å². The van der Waals surface area contributed by atoms with E-state index >= 15 is 0 Å². The fourth-order valence-corrected chi connectivity index (χ4v) is 1.20. The number of amides is 1. The highest BCUT2D eigenvalue weighted by atomic mass is 16.2. The summed E-state index contributed by atoms with van der Waals surface area (Å²) in [6, 6.07) is 0. The summed E-state index contributed by atoms with van der Waals surface area (Å²) in [6.07, 6.45) is 4.93. The molecule has 5 nitrogen and oxygen atoms in total. The molecule has 0 aliphatic carbocycles. The predicted molar refractivity (Wildman–Crippen MR) is 61.6 cm³/mol. The molecule has 1 rings (SSSR count). The van der Waals surface area contributed by atoms with Crippen LogP contribution in [-0.2, 0) is 11.3 Å². The molecular weight excluding hydrogens is 204 g/mol. The third-order valence-corrected chi connectivity index (χ3v) is 1.74. The summed E-state index contributed by atoms with van der Waals surface area (Å²) in [5, 5.41) is 5.90. The largest absolute Gasteiger partial charge is 0.350 e. The first kappa shape index (κ1) is 12.6. The van der Waals surface area contributed by atoms with Crippen molar-refractivity contribution in [1.82, 2.24) is 20.6 Å². The molecule has 0 radical (unpaired) electrons. The molecule has 0 spiro atoms. The lowest BCUT2D eigenvalue weighted by Crippen LogP contribution is -2.44. The number of nitrogens with one attached hydrogen (secondary N) is 2. The van der Waals surface area contributed by atoms with Gasteiger partial charge in [0.15, 0.2) is 0 Å². The minimum atomic E-state index is -0.186. The van der Waals surface area contributed by atoms with Crippen molar-refractivity contribution in [1.29, 1.82) is 0 Å². The number of hydrogen-bond acceptors (Lipinski definition) is 4. The fourth-order valence-electron chi connectivity index (χ4n) is 1.20. The molecule has 0 bridgehead atoms. The topological polar surface area (TPSA) is 66.9 Å². The summed E-state index contributed by atoms with van der Waals surface area (Å²) in [7, 11) is 0. The van der Waals surface area contributed by atoms with Crippen molar-refractivity contribution >= 4 is 5.91 Å². The average Bonchev–Trinajstić information content (AvgIpc) is 2.16. The van der Waals surface area contributed by atoms with E-state index in [1.165, 1.54) is 6.33 Å². The Bertz CT molecular complexity index is 332. The van der Waals surface area contributed by atoms with Gasteiger partial charge in [-0.1, -0.05) is 0 Å².